The maximum Gasteiger partial charge on any atom is 0.331 e. The molecule has 10 nitrogen and oxygen atoms in total. The average Bonchev–Trinajstić information content (AvgIpc) is 3.17. The van der Waals surface area contributed by atoms with Gasteiger partial charge < -0.3 is 10.3 Å². The van der Waals surface area contributed by atoms with E-state index in [4.69, 9.17) is 10.3 Å². The van der Waals surface area contributed by atoms with Crippen LogP contribution in [0.15, 0.2) is 36.5 Å². The molecule has 0 bridgehead atoms. The highest BCUT2D eigenvalue weighted by atomic mass is 32.2. The maximum absolute atomic E-state index is 12.1. The highest BCUT2D eigenvalue weighted by Crippen LogP contribution is 2.29. The van der Waals surface area contributed by atoms with Crippen molar-refractivity contribution in [1.82, 2.24) is 24.0 Å². The van der Waals surface area contributed by atoms with Gasteiger partial charge in [0, 0.05) is 14.1 Å². The van der Waals surface area contributed by atoms with E-state index in [0.29, 0.717) is 17.1 Å². The number of aromatic nitrogens is 5. The standard InChI is InChI=1S/C14H13N7O3S/c1-7-8(4-5-24-7)10-17-18-13(21(10)16)25-12-9(6-15)11(22)19(2)14(23)20(12)3/h4-5H,16H2,1-3H3. The van der Waals surface area contributed by atoms with Crippen LogP contribution >= 0.6 is 11.8 Å². The van der Waals surface area contributed by atoms with Crippen LogP contribution in [-0.4, -0.2) is 24.0 Å². The molecule has 2 N–H and O–H groups in total. The number of hydrogen-bond acceptors (Lipinski definition) is 8. The fourth-order valence-corrected chi connectivity index (χ4v) is 3.16. The number of nitrogens with two attached hydrogens (primary N) is 1. The second kappa shape index (κ2) is 5.99. The van der Waals surface area contributed by atoms with Crippen LogP contribution in [0.1, 0.15) is 11.3 Å². The first-order valence-electron chi connectivity index (χ1n) is 6.99. The molecule has 25 heavy (non-hydrogen) atoms. The lowest BCUT2D eigenvalue weighted by atomic mass is 10.2. The van der Waals surface area contributed by atoms with E-state index in [1.165, 1.54) is 29.6 Å². The second-order valence-corrected chi connectivity index (χ2v) is 6.12. The molecule has 3 rings (SSSR count). The van der Waals surface area contributed by atoms with Gasteiger partial charge in [0.25, 0.3) is 5.56 Å². The van der Waals surface area contributed by atoms with Crippen LogP contribution in [0.5, 0.6) is 0 Å². The van der Waals surface area contributed by atoms with E-state index in [-0.39, 0.29) is 15.7 Å². The first kappa shape index (κ1) is 16.6. The summed E-state index contributed by atoms with van der Waals surface area (Å²) in [6.45, 7) is 1.76. The third-order valence-corrected chi connectivity index (χ3v) is 4.81. The van der Waals surface area contributed by atoms with Gasteiger partial charge >= 0.3 is 5.69 Å². The first-order chi connectivity index (χ1) is 11.9. The molecule has 0 atom stereocenters. The maximum atomic E-state index is 12.1. The molecule has 0 aliphatic heterocycles. The SMILES string of the molecule is Cc1occc1-c1nnc(Sc2c(C#N)c(=O)n(C)c(=O)n2C)n1N. The molecule has 128 valence electrons. The third kappa shape index (κ3) is 2.52. The van der Waals surface area contributed by atoms with Crippen LogP contribution in [-0.2, 0) is 14.1 Å². The smallest absolute Gasteiger partial charge is 0.331 e. The van der Waals surface area contributed by atoms with Crippen molar-refractivity contribution in [3.8, 4) is 17.5 Å². The van der Waals surface area contributed by atoms with E-state index in [2.05, 4.69) is 10.2 Å². The molecular weight excluding hydrogens is 346 g/mol. The largest absolute Gasteiger partial charge is 0.469 e. The molecule has 0 unspecified atom stereocenters. The van der Waals surface area contributed by atoms with Gasteiger partial charge in [0.15, 0.2) is 5.82 Å². The average molecular weight is 359 g/mol. The molecule has 11 heteroatoms. The van der Waals surface area contributed by atoms with Crippen molar-refractivity contribution in [1.29, 1.82) is 5.26 Å². The quantitative estimate of drug-likeness (QED) is 0.509. The molecule has 0 aromatic carbocycles. The van der Waals surface area contributed by atoms with Gasteiger partial charge in [0.05, 0.1) is 11.8 Å². The summed E-state index contributed by atoms with van der Waals surface area (Å²) in [6, 6.07) is 3.53. The van der Waals surface area contributed by atoms with Crippen molar-refractivity contribution in [3.05, 3.63) is 44.5 Å². The minimum atomic E-state index is -0.679. The zero-order valence-corrected chi connectivity index (χ0v) is 14.4. The second-order valence-electron chi connectivity index (χ2n) is 5.17. The number of nitrogen functional groups attached to an aromatic ring is 1. The monoisotopic (exact) mass is 359 g/mol. The number of rotatable bonds is 3. The van der Waals surface area contributed by atoms with Gasteiger partial charge in [-0.3, -0.25) is 13.9 Å². The summed E-state index contributed by atoms with van der Waals surface area (Å²) in [6.07, 6.45) is 1.50. The predicted molar refractivity (Wildman–Crippen MR) is 88.4 cm³/mol. The molecule has 0 radical (unpaired) electrons. The van der Waals surface area contributed by atoms with Gasteiger partial charge in [-0.05, 0) is 24.8 Å². The number of aryl methyl sites for hydroxylation is 1. The minimum absolute atomic E-state index is 0.144. The van der Waals surface area contributed by atoms with Crippen LogP contribution in [0.25, 0.3) is 11.4 Å². The molecule has 3 heterocycles. The number of hydrogen-bond donors (Lipinski definition) is 1. The molecule has 0 aliphatic carbocycles. The lowest BCUT2D eigenvalue weighted by Crippen LogP contribution is -2.39. The van der Waals surface area contributed by atoms with Gasteiger partial charge in [-0.15, -0.1) is 10.2 Å². The molecule has 0 saturated carbocycles. The molecule has 3 aromatic rings. The van der Waals surface area contributed by atoms with Gasteiger partial charge in [-0.25, -0.2) is 9.47 Å². The van der Waals surface area contributed by atoms with Crippen molar-refractivity contribution in [2.75, 3.05) is 5.84 Å². The van der Waals surface area contributed by atoms with Crippen LogP contribution in [0.2, 0.25) is 0 Å². The Labute approximate surface area is 145 Å². The molecule has 3 aromatic heterocycles. The van der Waals surface area contributed by atoms with E-state index in [9.17, 15) is 14.9 Å². The third-order valence-electron chi connectivity index (χ3n) is 3.67. The summed E-state index contributed by atoms with van der Waals surface area (Å²) >= 11 is 0.914. The van der Waals surface area contributed by atoms with Gasteiger partial charge in [-0.1, -0.05) is 0 Å². The summed E-state index contributed by atoms with van der Waals surface area (Å²) in [5.74, 6) is 7.02. The Morgan fingerprint density at radius 3 is 2.60 bits per heavy atom. The normalized spacial score (nSPS) is 10.8. The highest BCUT2D eigenvalue weighted by molar-refractivity contribution is 7.99. The molecular formula is C14H13N7O3S. The van der Waals surface area contributed by atoms with E-state index < -0.39 is 11.2 Å². The molecule has 0 saturated heterocycles. The van der Waals surface area contributed by atoms with Gasteiger partial charge in [0.1, 0.15) is 22.4 Å². The zero-order chi connectivity index (χ0) is 18.3. The summed E-state index contributed by atoms with van der Waals surface area (Å²) < 4.78 is 8.51. The molecule has 0 spiro atoms. The number of nitriles is 1. The van der Waals surface area contributed by atoms with Crippen molar-refractivity contribution in [2.45, 2.75) is 17.1 Å². The first-order valence-corrected chi connectivity index (χ1v) is 7.81. The highest BCUT2D eigenvalue weighted by Gasteiger charge is 2.21. The van der Waals surface area contributed by atoms with E-state index >= 15 is 0 Å². The Morgan fingerprint density at radius 2 is 2.00 bits per heavy atom. The van der Waals surface area contributed by atoms with Gasteiger partial charge in [-0.2, -0.15) is 5.26 Å². The summed E-state index contributed by atoms with van der Waals surface area (Å²) in [5.41, 5.74) is -0.735. The van der Waals surface area contributed by atoms with Crippen molar-refractivity contribution >= 4 is 11.8 Å². The van der Waals surface area contributed by atoms with Crippen molar-refractivity contribution < 1.29 is 4.42 Å². The Balaban J connectivity index is 2.13. The predicted octanol–water partition coefficient (Wildman–Crippen LogP) is -0.0194. The number of nitrogens with zero attached hydrogens (tertiary/aromatic N) is 6. The van der Waals surface area contributed by atoms with E-state index in [0.717, 1.165) is 16.3 Å². The topological polar surface area (TPSA) is 138 Å². The summed E-state index contributed by atoms with van der Waals surface area (Å²) in [4.78, 5) is 24.2. The van der Waals surface area contributed by atoms with Crippen LogP contribution in [0, 0.1) is 18.3 Å². The van der Waals surface area contributed by atoms with Crippen LogP contribution < -0.4 is 17.1 Å². The minimum Gasteiger partial charge on any atom is -0.469 e. The fraction of sp³-hybridized carbons (Fsp3) is 0.214. The Kier molecular flexibility index (Phi) is 3.97. The molecule has 0 aliphatic rings. The zero-order valence-electron chi connectivity index (χ0n) is 13.5. The van der Waals surface area contributed by atoms with Crippen LogP contribution in [0.3, 0.4) is 0 Å². The van der Waals surface area contributed by atoms with Crippen molar-refractivity contribution in [3.63, 3.8) is 0 Å². The fourth-order valence-electron chi connectivity index (χ4n) is 2.27. The van der Waals surface area contributed by atoms with E-state index in [1.807, 2.05) is 6.07 Å². The van der Waals surface area contributed by atoms with Gasteiger partial charge in [0.2, 0.25) is 5.16 Å². The number of furan rings is 1. The summed E-state index contributed by atoms with van der Waals surface area (Å²) in [5, 5.41) is 17.7. The Hall–Kier alpha value is -3.26. The lowest BCUT2D eigenvalue weighted by molar-refractivity contribution is 0.535. The van der Waals surface area contributed by atoms with E-state index in [1.54, 1.807) is 13.0 Å². The lowest BCUT2D eigenvalue weighted by Gasteiger charge is -2.10. The summed E-state index contributed by atoms with van der Waals surface area (Å²) in [7, 11) is 2.77. The van der Waals surface area contributed by atoms with Crippen LogP contribution in [0.4, 0.5) is 0 Å². The Bertz CT molecular complexity index is 1130. The van der Waals surface area contributed by atoms with Crippen molar-refractivity contribution in [2.24, 2.45) is 14.1 Å². The Morgan fingerprint density at radius 1 is 1.28 bits per heavy atom. The molecule has 0 fully saturated rings. The molecule has 0 amide bonds.